The molecule has 0 atom stereocenters. The van der Waals surface area contributed by atoms with Crippen LogP contribution in [0.15, 0.2) is 23.3 Å². The summed E-state index contributed by atoms with van der Waals surface area (Å²) in [4.78, 5) is 31.1. The van der Waals surface area contributed by atoms with Crippen LogP contribution in [0.3, 0.4) is 0 Å². The van der Waals surface area contributed by atoms with Crippen LogP contribution < -0.4 is 10.3 Å². The molecule has 1 aromatic carbocycles. The first-order chi connectivity index (χ1) is 12.3. The molecule has 6 heteroatoms. The van der Waals surface area contributed by atoms with Crippen molar-refractivity contribution in [3.63, 3.8) is 0 Å². The average molecular weight is 370 g/mol. The number of rotatable bonds is 4. The number of thiophene rings is 1. The van der Waals surface area contributed by atoms with E-state index in [1.807, 2.05) is 46.8 Å². The van der Waals surface area contributed by atoms with Gasteiger partial charge in [-0.05, 0) is 56.9 Å². The van der Waals surface area contributed by atoms with E-state index in [2.05, 4.69) is 4.98 Å². The number of fused-ring (bicyclic) bond motifs is 1. The van der Waals surface area contributed by atoms with Gasteiger partial charge in [-0.1, -0.05) is 12.1 Å². The number of aromatic nitrogens is 2. The van der Waals surface area contributed by atoms with E-state index in [1.165, 1.54) is 22.2 Å². The van der Waals surface area contributed by atoms with Crippen molar-refractivity contribution in [3.05, 3.63) is 55.9 Å². The minimum atomic E-state index is -0.355. The van der Waals surface area contributed by atoms with E-state index in [-0.39, 0.29) is 24.5 Å². The van der Waals surface area contributed by atoms with Crippen LogP contribution in [0.5, 0.6) is 5.75 Å². The molecule has 0 unspecified atom stereocenters. The number of ether oxygens (including phenoxy) is 1. The number of nitrogens with zero attached hydrogens (tertiary/aromatic N) is 2. The largest absolute Gasteiger partial charge is 0.426 e. The molecule has 136 valence electrons. The Hall–Kier alpha value is -2.47. The molecule has 0 saturated carbocycles. The molecular weight excluding hydrogens is 348 g/mol. The summed E-state index contributed by atoms with van der Waals surface area (Å²) in [6.07, 6.45) is 1.62. The first-order valence-electron chi connectivity index (χ1n) is 8.52. The van der Waals surface area contributed by atoms with E-state index in [1.54, 1.807) is 0 Å². The molecule has 0 fully saturated rings. The lowest BCUT2D eigenvalue weighted by Crippen LogP contribution is -2.23. The number of carbonyl (C=O) groups is 1. The molecule has 3 rings (SSSR count). The van der Waals surface area contributed by atoms with Crippen LogP contribution in [0.1, 0.15) is 33.6 Å². The Morgan fingerprint density at radius 3 is 2.54 bits per heavy atom. The van der Waals surface area contributed by atoms with E-state index in [9.17, 15) is 9.59 Å². The Kier molecular flexibility index (Phi) is 4.96. The second kappa shape index (κ2) is 7.03. The SMILES string of the molecule is Cc1ccc(C)c(OC(=O)CCn2cnc3sc(C)c(C)c3c2=O)c1C. The lowest BCUT2D eigenvalue weighted by Gasteiger charge is -2.12. The number of aryl methyl sites for hydroxylation is 5. The van der Waals surface area contributed by atoms with Crippen molar-refractivity contribution >= 4 is 27.5 Å². The highest BCUT2D eigenvalue weighted by Gasteiger charge is 2.15. The van der Waals surface area contributed by atoms with Crippen LogP contribution in [0.4, 0.5) is 0 Å². The van der Waals surface area contributed by atoms with E-state index in [4.69, 9.17) is 4.74 Å². The van der Waals surface area contributed by atoms with Crippen molar-refractivity contribution in [2.45, 2.75) is 47.6 Å². The second-order valence-corrected chi connectivity index (χ2v) is 7.79. The third kappa shape index (κ3) is 3.29. The molecule has 0 bridgehead atoms. The predicted molar refractivity (Wildman–Crippen MR) is 104 cm³/mol. The van der Waals surface area contributed by atoms with Gasteiger partial charge in [-0.25, -0.2) is 4.98 Å². The summed E-state index contributed by atoms with van der Waals surface area (Å²) in [6, 6.07) is 3.95. The number of carbonyl (C=O) groups excluding carboxylic acids is 1. The van der Waals surface area contributed by atoms with Crippen LogP contribution in [0.2, 0.25) is 0 Å². The number of hydrogen-bond donors (Lipinski definition) is 0. The Balaban J connectivity index is 1.78. The van der Waals surface area contributed by atoms with Gasteiger partial charge >= 0.3 is 5.97 Å². The highest BCUT2D eigenvalue weighted by atomic mass is 32.1. The number of hydrogen-bond acceptors (Lipinski definition) is 5. The smallest absolute Gasteiger partial charge is 0.313 e. The van der Waals surface area contributed by atoms with Crippen molar-refractivity contribution in [1.82, 2.24) is 9.55 Å². The van der Waals surface area contributed by atoms with Gasteiger partial charge in [0.05, 0.1) is 18.1 Å². The summed E-state index contributed by atoms with van der Waals surface area (Å²) >= 11 is 1.52. The fourth-order valence-corrected chi connectivity index (χ4v) is 3.88. The standard InChI is InChI=1S/C20H22N2O3S/c1-11-6-7-12(2)18(13(11)3)25-16(23)8-9-22-10-21-19-17(20(22)24)14(4)15(5)26-19/h6-7,10H,8-9H2,1-5H3. The van der Waals surface area contributed by atoms with Gasteiger partial charge in [0.2, 0.25) is 0 Å². The third-order valence-corrected chi connectivity index (χ3v) is 5.92. The summed E-state index contributed by atoms with van der Waals surface area (Å²) < 4.78 is 7.05. The zero-order valence-electron chi connectivity index (χ0n) is 15.7. The van der Waals surface area contributed by atoms with E-state index in [0.29, 0.717) is 11.1 Å². The average Bonchev–Trinajstić information content (AvgIpc) is 2.89. The zero-order chi connectivity index (χ0) is 19.0. The number of esters is 1. The monoisotopic (exact) mass is 370 g/mol. The second-order valence-electron chi connectivity index (χ2n) is 6.58. The Morgan fingerprint density at radius 1 is 1.12 bits per heavy atom. The number of benzene rings is 1. The molecule has 0 aliphatic carbocycles. The minimum absolute atomic E-state index is 0.104. The summed E-state index contributed by atoms with van der Waals surface area (Å²) in [6.45, 7) is 10.00. The van der Waals surface area contributed by atoms with Gasteiger partial charge in [-0.2, -0.15) is 0 Å². The van der Waals surface area contributed by atoms with Crippen molar-refractivity contribution < 1.29 is 9.53 Å². The molecule has 0 radical (unpaired) electrons. The molecule has 0 aliphatic heterocycles. The first-order valence-corrected chi connectivity index (χ1v) is 9.34. The van der Waals surface area contributed by atoms with Gasteiger partial charge in [-0.3, -0.25) is 14.2 Å². The summed E-state index contributed by atoms with van der Waals surface area (Å²) in [5.74, 6) is 0.257. The van der Waals surface area contributed by atoms with Crippen molar-refractivity contribution in [1.29, 1.82) is 0 Å². The summed E-state index contributed by atoms with van der Waals surface area (Å²) in [5.41, 5.74) is 3.82. The molecule has 0 spiro atoms. The lowest BCUT2D eigenvalue weighted by molar-refractivity contribution is -0.134. The Labute approximate surface area is 156 Å². The van der Waals surface area contributed by atoms with Crippen LogP contribution in [-0.4, -0.2) is 15.5 Å². The normalized spacial score (nSPS) is 11.1. The van der Waals surface area contributed by atoms with Gasteiger partial charge in [0.25, 0.3) is 5.56 Å². The third-order valence-electron chi connectivity index (χ3n) is 4.80. The van der Waals surface area contributed by atoms with Crippen LogP contribution in [0.25, 0.3) is 10.2 Å². The van der Waals surface area contributed by atoms with Crippen LogP contribution in [-0.2, 0) is 11.3 Å². The fraction of sp³-hybridized carbons (Fsp3) is 0.350. The predicted octanol–water partition coefficient (Wildman–Crippen LogP) is 4.00. The van der Waals surface area contributed by atoms with Gasteiger partial charge in [-0.15, -0.1) is 11.3 Å². The van der Waals surface area contributed by atoms with Crippen LogP contribution >= 0.6 is 11.3 Å². The van der Waals surface area contributed by atoms with E-state index < -0.39 is 0 Å². The quantitative estimate of drug-likeness (QED) is 0.514. The minimum Gasteiger partial charge on any atom is -0.426 e. The van der Waals surface area contributed by atoms with Gasteiger partial charge in [0.15, 0.2) is 0 Å². The molecule has 0 N–H and O–H groups in total. The highest BCUT2D eigenvalue weighted by molar-refractivity contribution is 7.18. The van der Waals surface area contributed by atoms with E-state index >= 15 is 0 Å². The van der Waals surface area contributed by atoms with Crippen molar-refractivity contribution in [2.24, 2.45) is 0 Å². The molecule has 5 nitrogen and oxygen atoms in total. The molecule has 0 amide bonds. The van der Waals surface area contributed by atoms with Gasteiger partial charge in [0.1, 0.15) is 10.6 Å². The first kappa shape index (κ1) is 18.3. The lowest BCUT2D eigenvalue weighted by atomic mass is 10.1. The van der Waals surface area contributed by atoms with Crippen molar-refractivity contribution in [3.8, 4) is 5.75 Å². The Bertz CT molecular complexity index is 1060. The van der Waals surface area contributed by atoms with Gasteiger partial charge < -0.3 is 4.74 Å². The van der Waals surface area contributed by atoms with E-state index in [0.717, 1.165) is 32.0 Å². The Morgan fingerprint density at radius 2 is 1.81 bits per heavy atom. The molecule has 2 heterocycles. The fourth-order valence-electron chi connectivity index (χ4n) is 2.89. The molecule has 0 saturated heterocycles. The molecular formula is C20H22N2O3S. The highest BCUT2D eigenvalue weighted by Crippen LogP contribution is 2.27. The maximum atomic E-state index is 12.7. The maximum absolute atomic E-state index is 12.7. The maximum Gasteiger partial charge on any atom is 0.313 e. The van der Waals surface area contributed by atoms with Gasteiger partial charge in [0, 0.05) is 11.4 Å². The molecule has 0 aliphatic rings. The molecule has 26 heavy (non-hydrogen) atoms. The topological polar surface area (TPSA) is 61.2 Å². The summed E-state index contributed by atoms with van der Waals surface area (Å²) in [7, 11) is 0. The summed E-state index contributed by atoms with van der Waals surface area (Å²) in [5, 5.41) is 0.647. The van der Waals surface area contributed by atoms with Crippen molar-refractivity contribution in [2.75, 3.05) is 0 Å². The molecule has 3 aromatic rings. The zero-order valence-corrected chi connectivity index (χ0v) is 16.5. The molecule has 2 aromatic heterocycles. The van der Waals surface area contributed by atoms with Crippen LogP contribution in [0, 0.1) is 34.6 Å².